The van der Waals surface area contributed by atoms with Crippen molar-refractivity contribution in [3.8, 4) is 5.69 Å². The molecule has 0 aliphatic rings. The van der Waals surface area contributed by atoms with Gasteiger partial charge in [0.25, 0.3) is 10.0 Å². The number of benzene rings is 2. The van der Waals surface area contributed by atoms with E-state index in [-0.39, 0.29) is 5.69 Å². The van der Waals surface area contributed by atoms with Gasteiger partial charge in [0.05, 0.1) is 11.4 Å². The molecule has 1 heterocycles. The zero-order valence-electron chi connectivity index (χ0n) is 12.3. The minimum absolute atomic E-state index is 0.158. The average Bonchev–Trinajstić information content (AvgIpc) is 2.95. The summed E-state index contributed by atoms with van der Waals surface area (Å²) in [7, 11) is -4.29. The van der Waals surface area contributed by atoms with Crippen LogP contribution in [-0.4, -0.2) is 28.6 Å². The van der Waals surface area contributed by atoms with Gasteiger partial charge in [-0.1, -0.05) is 6.07 Å². The Bertz CT molecular complexity index is 1000. The van der Waals surface area contributed by atoms with Crippen molar-refractivity contribution >= 4 is 15.7 Å². The maximum atomic E-state index is 13.7. The van der Waals surface area contributed by atoms with Crippen LogP contribution in [0.15, 0.2) is 47.4 Å². The molecule has 0 bridgehead atoms. The summed E-state index contributed by atoms with van der Waals surface area (Å²) in [6, 6.07) is 8.41. The van der Waals surface area contributed by atoms with Crippen molar-refractivity contribution in [2.45, 2.75) is 11.8 Å². The van der Waals surface area contributed by atoms with Crippen molar-refractivity contribution in [3.05, 3.63) is 59.9 Å². The van der Waals surface area contributed by atoms with Crippen molar-refractivity contribution < 1.29 is 17.2 Å². The zero-order chi connectivity index (χ0) is 17.3. The highest BCUT2D eigenvalue weighted by Gasteiger charge is 2.20. The van der Waals surface area contributed by atoms with Crippen LogP contribution in [0.4, 0.5) is 14.5 Å². The van der Waals surface area contributed by atoms with Gasteiger partial charge in [0.15, 0.2) is 5.82 Å². The van der Waals surface area contributed by atoms with Gasteiger partial charge >= 0.3 is 0 Å². The average molecular weight is 351 g/mol. The summed E-state index contributed by atoms with van der Waals surface area (Å²) >= 11 is 0. The largest absolute Gasteiger partial charge is 0.279 e. The van der Waals surface area contributed by atoms with Gasteiger partial charge in [-0.3, -0.25) is 4.72 Å². The second kappa shape index (κ2) is 5.96. The molecule has 0 unspecified atom stereocenters. The van der Waals surface area contributed by atoms with E-state index in [9.17, 15) is 17.2 Å². The molecule has 24 heavy (non-hydrogen) atoms. The fraction of sp³-hybridized carbons (Fsp3) is 0.0714. The van der Waals surface area contributed by atoms with Crippen molar-refractivity contribution in [1.82, 2.24) is 20.2 Å². The maximum Gasteiger partial charge on any atom is 0.264 e. The molecule has 0 saturated heterocycles. The van der Waals surface area contributed by atoms with Crippen LogP contribution in [0.5, 0.6) is 0 Å². The van der Waals surface area contributed by atoms with Gasteiger partial charge in [0, 0.05) is 0 Å². The lowest BCUT2D eigenvalue weighted by Gasteiger charge is -2.10. The van der Waals surface area contributed by atoms with Crippen LogP contribution in [0.3, 0.4) is 0 Å². The normalized spacial score (nSPS) is 11.5. The maximum absolute atomic E-state index is 13.7. The van der Waals surface area contributed by atoms with E-state index in [4.69, 9.17) is 0 Å². The molecular weight excluding hydrogens is 340 g/mol. The Balaban J connectivity index is 1.96. The number of hydrogen-bond donors (Lipinski definition) is 1. The predicted octanol–water partition coefficient (Wildman–Crippen LogP) is 2.05. The first-order valence-corrected chi connectivity index (χ1v) is 8.18. The molecule has 10 heteroatoms. The number of tetrazole rings is 1. The Kier molecular flexibility index (Phi) is 3.97. The molecule has 1 N–H and O–H groups in total. The standard InChI is InChI=1S/C14H11F2N5O2S/c1-9-17-19-20-21(9)12-4-2-3-11(8-12)18-24(22,23)14-7-10(15)5-6-13(14)16/h2-8,18H,1H3. The monoisotopic (exact) mass is 351 g/mol. The van der Waals surface area contributed by atoms with E-state index in [0.717, 1.165) is 12.1 Å². The van der Waals surface area contributed by atoms with Crippen LogP contribution in [0.2, 0.25) is 0 Å². The van der Waals surface area contributed by atoms with Gasteiger partial charge in [0.1, 0.15) is 16.5 Å². The predicted molar refractivity (Wildman–Crippen MR) is 81.1 cm³/mol. The van der Waals surface area contributed by atoms with Gasteiger partial charge in [0.2, 0.25) is 0 Å². The van der Waals surface area contributed by atoms with Crippen LogP contribution in [0, 0.1) is 18.6 Å². The highest BCUT2D eigenvalue weighted by molar-refractivity contribution is 7.92. The molecule has 0 spiro atoms. The van der Waals surface area contributed by atoms with E-state index in [1.807, 2.05) is 0 Å². The molecule has 0 aliphatic heterocycles. The molecule has 0 radical (unpaired) electrons. The first-order valence-electron chi connectivity index (χ1n) is 6.70. The molecule has 0 amide bonds. The number of anilines is 1. The number of aryl methyl sites for hydroxylation is 1. The molecule has 7 nitrogen and oxygen atoms in total. The van der Waals surface area contributed by atoms with Crippen molar-refractivity contribution in [2.24, 2.45) is 0 Å². The molecule has 124 valence electrons. The highest BCUT2D eigenvalue weighted by Crippen LogP contribution is 2.21. The van der Waals surface area contributed by atoms with Gasteiger partial charge < -0.3 is 0 Å². The first kappa shape index (κ1) is 16.0. The Labute approximate surface area is 136 Å². The van der Waals surface area contributed by atoms with Gasteiger partial charge in [-0.05, 0) is 53.7 Å². The van der Waals surface area contributed by atoms with E-state index in [0.29, 0.717) is 17.6 Å². The fourth-order valence-corrected chi connectivity index (χ4v) is 3.20. The van der Waals surface area contributed by atoms with E-state index in [1.165, 1.54) is 16.8 Å². The second-order valence-electron chi connectivity index (χ2n) is 4.87. The molecule has 0 atom stereocenters. The molecular formula is C14H11F2N5O2S. The lowest BCUT2D eigenvalue weighted by Crippen LogP contribution is -2.15. The Morgan fingerprint density at radius 1 is 1.12 bits per heavy atom. The minimum atomic E-state index is -4.29. The molecule has 0 aliphatic carbocycles. The van der Waals surface area contributed by atoms with Crippen LogP contribution >= 0.6 is 0 Å². The van der Waals surface area contributed by atoms with E-state index in [2.05, 4.69) is 20.2 Å². The summed E-state index contributed by atoms with van der Waals surface area (Å²) in [6.07, 6.45) is 0. The number of nitrogens with one attached hydrogen (secondary N) is 1. The lowest BCUT2D eigenvalue weighted by molar-refractivity contribution is 0.555. The summed E-state index contributed by atoms with van der Waals surface area (Å²) in [5, 5.41) is 11.0. The third kappa shape index (κ3) is 3.08. The summed E-state index contributed by atoms with van der Waals surface area (Å²) in [6.45, 7) is 1.68. The number of hydrogen-bond acceptors (Lipinski definition) is 5. The number of sulfonamides is 1. The summed E-state index contributed by atoms with van der Waals surface area (Å²) in [5.74, 6) is -1.39. The Morgan fingerprint density at radius 3 is 2.62 bits per heavy atom. The van der Waals surface area contributed by atoms with Crippen LogP contribution < -0.4 is 4.72 Å². The highest BCUT2D eigenvalue weighted by atomic mass is 32.2. The number of rotatable bonds is 4. The molecule has 3 rings (SSSR count). The third-order valence-corrected chi connectivity index (χ3v) is 4.55. The quantitative estimate of drug-likeness (QED) is 0.777. The third-order valence-electron chi connectivity index (χ3n) is 3.15. The Morgan fingerprint density at radius 2 is 1.92 bits per heavy atom. The van der Waals surface area contributed by atoms with Crippen molar-refractivity contribution in [3.63, 3.8) is 0 Å². The van der Waals surface area contributed by atoms with Crippen LogP contribution in [0.1, 0.15) is 5.82 Å². The van der Waals surface area contributed by atoms with Crippen molar-refractivity contribution in [1.29, 1.82) is 0 Å². The molecule has 3 aromatic rings. The summed E-state index contributed by atoms with van der Waals surface area (Å²) in [4.78, 5) is -0.772. The number of nitrogens with zero attached hydrogens (tertiary/aromatic N) is 4. The van der Waals surface area contributed by atoms with Crippen molar-refractivity contribution in [2.75, 3.05) is 4.72 Å². The van der Waals surface area contributed by atoms with E-state index in [1.54, 1.807) is 19.1 Å². The SMILES string of the molecule is Cc1nnnn1-c1cccc(NS(=O)(=O)c2cc(F)ccc2F)c1. The topological polar surface area (TPSA) is 89.8 Å². The summed E-state index contributed by atoms with van der Waals surface area (Å²) in [5.41, 5.74) is 0.670. The van der Waals surface area contributed by atoms with Crippen LogP contribution in [-0.2, 0) is 10.0 Å². The molecule has 0 fully saturated rings. The van der Waals surface area contributed by atoms with Crippen LogP contribution in [0.25, 0.3) is 5.69 Å². The zero-order valence-corrected chi connectivity index (χ0v) is 13.1. The summed E-state index contributed by atoms with van der Waals surface area (Å²) < 4.78 is 55.1. The minimum Gasteiger partial charge on any atom is -0.279 e. The van der Waals surface area contributed by atoms with Gasteiger partial charge in [-0.15, -0.1) is 5.10 Å². The first-order chi connectivity index (χ1) is 11.4. The number of aromatic nitrogens is 4. The van der Waals surface area contributed by atoms with Gasteiger partial charge in [-0.25, -0.2) is 17.2 Å². The fourth-order valence-electron chi connectivity index (χ4n) is 2.06. The van der Waals surface area contributed by atoms with E-state index >= 15 is 0 Å². The van der Waals surface area contributed by atoms with Gasteiger partial charge in [-0.2, -0.15) is 4.68 Å². The second-order valence-corrected chi connectivity index (χ2v) is 6.52. The number of halogens is 2. The smallest absolute Gasteiger partial charge is 0.264 e. The molecule has 0 saturated carbocycles. The molecule has 2 aromatic carbocycles. The molecule has 1 aromatic heterocycles. The lowest BCUT2D eigenvalue weighted by atomic mass is 10.3. The Hall–Kier alpha value is -2.88. The van der Waals surface area contributed by atoms with E-state index < -0.39 is 26.6 Å².